The van der Waals surface area contributed by atoms with Gasteiger partial charge in [-0.1, -0.05) is 0 Å². The van der Waals surface area contributed by atoms with Crippen LogP contribution in [0.5, 0.6) is 0 Å². The van der Waals surface area contributed by atoms with E-state index in [1.54, 1.807) is 0 Å². The van der Waals surface area contributed by atoms with Crippen molar-refractivity contribution in [3.8, 4) is 0 Å². The highest BCUT2D eigenvalue weighted by molar-refractivity contribution is 7.77. The lowest BCUT2D eigenvalue weighted by molar-refractivity contribution is -0.114. The third-order valence-corrected chi connectivity index (χ3v) is 5.79. The van der Waals surface area contributed by atoms with Gasteiger partial charge in [-0.2, -0.15) is 0 Å². The number of aromatic nitrogens is 1. The Hall–Kier alpha value is -1.04. The highest BCUT2D eigenvalue weighted by atomic mass is 31.2. The second kappa shape index (κ2) is 5.30. The molecule has 18 heavy (non-hydrogen) atoms. The quantitative estimate of drug-likeness (QED) is 0.577. The van der Waals surface area contributed by atoms with Crippen molar-refractivity contribution in [2.75, 3.05) is 11.2 Å². The summed E-state index contributed by atoms with van der Waals surface area (Å²) in [4.78, 5) is 41.2. The topological polar surface area (TPSA) is 137 Å². The van der Waals surface area contributed by atoms with Crippen LogP contribution in [0.25, 0.3) is 0 Å². The number of amides is 1. The molecule has 0 spiro atoms. The number of hydrogen-bond acceptors (Lipinski definition) is 4. The van der Waals surface area contributed by atoms with Crippen LogP contribution in [-0.2, 0) is 13.9 Å². The molecular formula is C8H12N2O6P2. The first kappa shape index (κ1) is 15.0. The summed E-state index contributed by atoms with van der Waals surface area (Å²) in [5.74, 6) is -1.49. The second-order valence-corrected chi connectivity index (χ2v) is 7.92. The first-order valence-corrected chi connectivity index (χ1v) is 8.35. The van der Waals surface area contributed by atoms with Crippen LogP contribution in [0.4, 0.5) is 5.69 Å². The number of carbonyl (C=O) groups is 1. The molecule has 0 radical (unpaired) electrons. The number of pyridine rings is 1. The average Bonchev–Trinajstić information content (AvgIpc) is 2.13. The van der Waals surface area contributed by atoms with Crippen LogP contribution in [0.15, 0.2) is 18.3 Å². The summed E-state index contributed by atoms with van der Waals surface area (Å²) >= 11 is 0. The van der Waals surface area contributed by atoms with Crippen LogP contribution < -0.4 is 10.8 Å². The fourth-order valence-electron chi connectivity index (χ4n) is 1.19. The van der Waals surface area contributed by atoms with Gasteiger partial charge in [0.25, 0.3) is 7.37 Å². The van der Waals surface area contributed by atoms with Gasteiger partial charge < -0.3 is 20.0 Å². The summed E-state index contributed by atoms with van der Waals surface area (Å²) in [6.45, 7) is 1.29. The van der Waals surface area contributed by atoms with Crippen molar-refractivity contribution in [2.45, 2.75) is 6.92 Å². The number of hydrogen-bond donors (Lipinski definition) is 4. The molecule has 1 rings (SSSR count). The van der Waals surface area contributed by atoms with Crippen molar-refractivity contribution in [2.24, 2.45) is 0 Å². The molecule has 0 aliphatic rings. The zero-order valence-corrected chi connectivity index (χ0v) is 11.1. The molecule has 10 heteroatoms. The lowest BCUT2D eigenvalue weighted by atomic mass is 10.4. The fraction of sp³-hybridized carbons (Fsp3) is 0.250. The third-order valence-electron chi connectivity index (χ3n) is 1.80. The summed E-state index contributed by atoms with van der Waals surface area (Å²) < 4.78 is 22.4. The first-order chi connectivity index (χ1) is 8.10. The van der Waals surface area contributed by atoms with Crippen molar-refractivity contribution >= 4 is 32.0 Å². The lowest BCUT2D eigenvalue weighted by Gasteiger charge is -2.12. The Morgan fingerprint density at radius 1 is 1.33 bits per heavy atom. The Morgan fingerprint density at radius 2 is 1.94 bits per heavy atom. The van der Waals surface area contributed by atoms with Crippen LogP contribution in [-0.4, -0.2) is 31.5 Å². The van der Waals surface area contributed by atoms with Crippen LogP contribution in [0.1, 0.15) is 6.92 Å². The molecule has 0 bridgehead atoms. The maximum Gasteiger partial charge on any atom is 0.335 e. The Morgan fingerprint density at radius 3 is 2.33 bits per heavy atom. The molecule has 0 fully saturated rings. The van der Waals surface area contributed by atoms with Crippen LogP contribution in [0.3, 0.4) is 0 Å². The molecule has 1 amide bonds. The van der Waals surface area contributed by atoms with E-state index < -0.39 is 20.9 Å². The number of rotatable bonds is 4. The van der Waals surface area contributed by atoms with Gasteiger partial charge in [0, 0.05) is 6.92 Å². The lowest BCUT2D eigenvalue weighted by Crippen LogP contribution is -2.13. The summed E-state index contributed by atoms with van der Waals surface area (Å²) in [6, 6.07) is 2.47. The minimum Gasteiger partial charge on any atom is -0.340 e. The van der Waals surface area contributed by atoms with E-state index in [1.165, 1.54) is 13.0 Å². The molecule has 4 N–H and O–H groups in total. The molecule has 0 aliphatic heterocycles. The maximum atomic E-state index is 11.7. The van der Waals surface area contributed by atoms with Crippen molar-refractivity contribution in [3.05, 3.63) is 18.3 Å². The molecule has 0 saturated heterocycles. The van der Waals surface area contributed by atoms with E-state index in [4.69, 9.17) is 9.79 Å². The molecule has 100 valence electrons. The van der Waals surface area contributed by atoms with Gasteiger partial charge in [-0.3, -0.25) is 13.9 Å². The van der Waals surface area contributed by atoms with Gasteiger partial charge in [0.1, 0.15) is 11.3 Å². The molecule has 1 heterocycles. The normalized spacial score (nSPS) is 14.9. The van der Waals surface area contributed by atoms with E-state index >= 15 is 0 Å². The molecule has 0 saturated carbocycles. The van der Waals surface area contributed by atoms with Gasteiger partial charge >= 0.3 is 7.60 Å². The third kappa shape index (κ3) is 4.68. The molecule has 1 unspecified atom stereocenters. The predicted molar refractivity (Wildman–Crippen MR) is 64.9 cm³/mol. The smallest absolute Gasteiger partial charge is 0.335 e. The predicted octanol–water partition coefficient (Wildman–Crippen LogP) is 0.0709. The van der Waals surface area contributed by atoms with Crippen molar-refractivity contribution in [1.29, 1.82) is 0 Å². The van der Waals surface area contributed by atoms with E-state index in [9.17, 15) is 18.8 Å². The number of anilines is 1. The van der Waals surface area contributed by atoms with Gasteiger partial charge in [0.15, 0.2) is 0 Å². The Kier molecular flexibility index (Phi) is 4.42. The van der Waals surface area contributed by atoms with Crippen molar-refractivity contribution in [3.63, 3.8) is 0 Å². The number of nitrogens with one attached hydrogen (secondary N) is 1. The van der Waals surface area contributed by atoms with Gasteiger partial charge in [0.2, 0.25) is 5.91 Å². The van der Waals surface area contributed by atoms with Crippen molar-refractivity contribution in [1.82, 2.24) is 4.98 Å². The highest BCUT2D eigenvalue weighted by Gasteiger charge is 2.32. The largest absolute Gasteiger partial charge is 0.340 e. The molecule has 0 aliphatic carbocycles. The molecule has 1 atom stereocenters. The fourth-order valence-corrected chi connectivity index (χ4v) is 4.32. The van der Waals surface area contributed by atoms with E-state index in [2.05, 4.69) is 10.3 Å². The van der Waals surface area contributed by atoms with Crippen LogP contribution in [0.2, 0.25) is 0 Å². The Balaban J connectivity index is 2.94. The summed E-state index contributed by atoms with van der Waals surface area (Å²) in [5.41, 5.74) is 0.00218. The highest BCUT2D eigenvalue weighted by Crippen LogP contribution is 2.53. The van der Waals surface area contributed by atoms with E-state index in [0.29, 0.717) is 5.69 Å². The molecule has 8 nitrogen and oxygen atoms in total. The number of carbonyl (C=O) groups excluding carboxylic acids is 1. The van der Waals surface area contributed by atoms with Gasteiger partial charge in [-0.05, 0) is 12.1 Å². The molecule has 1 aromatic heterocycles. The van der Waals surface area contributed by atoms with E-state index in [-0.39, 0.29) is 11.3 Å². The molecule has 0 aromatic carbocycles. The van der Waals surface area contributed by atoms with Gasteiger partial charge in [-0.15, -0.1) is 0 Å². The summed E-state index contributed by atoms with van der Waals surface area (Å²) in [6.07, 6.45) is 1.14. The van der Waals surface area contributed by atoms with Gasteiger partial charge in [-0.25, -0.2) is 4.98 Å². The van der Waals surface area contributed by atoms with E-state index in [1.807, 2.05) is 0 Å². The maximum absolute atomic E-state index is 11.7. The Labute approximate surface area is 103 Å². The van der Waals surface area contributed by atoms with E-state index in [0.717, 1.165) is 12.3 Å². The first-order valence-electron chi connectivity index (χ1n) is 4.71. The van der Waals surface area contributed by atoms with Crippen LogP contribution >= 0.6 is 15.0 Å². The minimum absolute atomic E-state index is 0.320. The number of nitrogens with zero attached hydrogens (tertiary/aromatic N) is 1. The molecule has 1 aromatic rings. The standard InChI is InChI=1S/C8H12N2O6P2/c1-6(11)10-7-2-3-8(9-4-7)17(12,13)5-18(14,15)16/h2-4H,5H2,1H3,(H,10,11)(H,12,13)(H2,14,15,16). The SMILES string of the molecule is CC(=O)Nc1ccc(P(=O)(O)CP(=O)(O)O)nc1. The minimum atomic E-state index is -4.61. The monoisotopic (exact) mass is 294 g/mol. The van der Waals surface area contributed by atoms with Gasteiger partial charge in [0.05, 0.1) is 11.9 Å². The molecular weight excluding hydrogens is 282 g/mol. The van der Waals surface area contributed by atoms with Crippen molar-refractivity contribution < 1.29 is 28.6 Å². The Bertz CT molecular complexity index is 537. The summed E-state index contributed by atoms with van der Waals surface area (Å²) in [7, 11) is -8.82. The second-order valence-electron chi connectivity index (χ2n) is 3.59. The average molecular weight is 294 g/mol. The summed E-state index contributed by atoms with van der Waals surface area (Å²) in [5, 5.41) is 2.41. The van der Waals surface area contributed by atoms with Crippen LogP contribution in [0, 0.1) is 0 Å². The zero-order valence-electron chi connectivity index (χ0n) is 9.35. The zero-order chi connectivity index (χ0) is 14.0.